The van der Waals surface area contributed by atoms with Crippen LogP contribution >= 0.6 is 0 Å². The van der Waals surface area contributed by atoms with Crippen molar-refractivity contribution in [3.8, 4) is 0 Å². The number of aliphatic hydroxyl groups is 1. The first kappa shape index (κ1) is 12.8. The van der Waals surface area contributed by atoms with E-state index in [0.717, 1.165) is 0 Å². The first-order valence-corrected chi connectivity index (χ1v) is 4.62. The monoisotopic (exact) mass is 191 g/mol. The van der Waals surface area contributed by atoms with Gasteiger partial charge in [-0.15, -0.1) is 0 Å². The second-order valence-corrected chi connectivity index (χ2v) is 3.86. The van der Waals surface area contributed by atoms with Crippen molar-refractivity contribution >= 4 is 0 Å². The summed E-state index contributed by atoms with van der Waals surface area (Å²) in [5.41, 5.74) is 2.44. The molecular formula is C9H21NO3. The Kier molecular flexibility index (Phi) is 6.24. The van der Waals surface area contributed by atoms with Gasteiger partial charge in [-0.3, -0.25) is 0 Å². The second-order valence-electron chi connectivity index (χ2n) is 3.86. The van der Waals surface area contributed by atoms with Crippen molar-refractivity contribution in [1.29, 1.82) is 0 Å². The van der Waals surface area contributed by atoms with Gasteiger partial charge in [0, 0.05) is 6.54 Å². The Morgan fingerprint density at radius 1 is 1.38 bits per heavy atom. The standard InChI is InChI=1S/C9H21NO3/c1-5-13-10-6-8(11)7-12-9(2,3)4/h8,10-11H,5-7H2,1-4H3. The molecule has 13 heavy (non-hydrogen) atoms. The predicted octanol–water partition coefficient (Wildman–Crippen LogP) is 0.703. The van der Waals surface area contributed by atoms with Crippen LogP contribution in [0.5, 0.6) is 0 Å². The number of hydroxylamine groups is 1. The summed E-state index contributed by atoms with van der Waals surface area (Å²) in [5, 5.41) is 9.37. The highest BCUT2D eigenvalue weighted by molar-refractivity contribution is 4.62. The van der Waals surface area contributed by atoms with Gasteiger partial charge in [-0.2, -0.15) is 5.48 Å². The molecule has 4 heteroatoms. The van der Waals surface area contributed by atoms with Gasteiger partial charge in [-0.25, -0.2) is 0 Å². The SMILES string of the molecule is CCONCC(O)COC(C)(C)C. The van der Waals surface area contributed by atoms with Crippen LogP contribution in [0.1, 0.15) is 27.7 Å². The molecule has 0 aliphatic rings. The van der Waals surface area contributed by atoms with Crippen LogP contribution in [0.2, 0.25) is 0 Å². The first-order valence-electron chi connectivity index (χ1n) is 4.62. The van der Waals surface area contributed by atoms with E-state index >= 15 is 0 Å². The number of nitrogens with one attached hydrogen (secondary N) is 1. The molecule has 0 amide bonds. The van der Waals surface area contributed by atoms with Gasteiger partial charge in [0.2, 0.25) is 0 Å². The lowest BCUT2D eigenvalue weighted by atomic mass is 10.2. The van der Waals surface area contributed by atoms with Crippen molar-refractivity contribution in [2.75, 3.05) is 19.8 Å². The Morgan fingerprint density at radius 3 is 2.46 bits per heavy atom. The van der Waals surface area contributed by atoms with E-state index in [0.29, 0.717) is 19.8 Å². The predicted molar refractivity (Wildman–Crippen MR) is 51.3 cm³/mol. The number of aliphatic hydroxyl groups excluding tert-OH is 1. The van der Waals surface area contributed by atoms with E-state index in [9.17, 15) is 5.11 Å². The highest BCUT2D eigenvalue weighted by Crippen LogP contribution is 2.06. The molecule has 4 nitrogen and oxygen atoms in total. The summed E-state index contributed by atoms with van der Waals surface area (Å²) in [5.74, 6) is 0. The summed E-state index contributed by atoms with van der Waals surface area (Å²) in [7, 11) is 0. The van der Waals surface area contributed by atoms with Gasteiger partial charge in [-0.1, -0.05) is 0 Å². The first-order chi connectivity index (χ1) is 5.95. The molecule has 80 valence electrons. The molecule has 0 aromatic carbocycles. The zero-order valence-electron chi connectivity index (χ0n) is 8.96. The number of rotatable bonds is 6. The maximum absolute atomic E-state index is 9.37. The normalized spacial score (nSPS) is 14.5. The molecule has 0 aromatic rings. The van der Waals surface area contributed by atoms with Crippen molar-refractivity contribution in [3.05, 3.63) is 0 Å². The van der Waals surface area contributed by atoms with E-state index in [-0.39, 0.29) is 5.60 Å². The third kappa shape index (κ3) is 9.76. The van der Waals surface area contributed by atoms with E-state index in [1.165, 1.54) is 0 Å². The van der Waals surface area contributed by atoms with Crippen LogP contribution in [0.4, 0.5) is 0 Å². The Bertz CT molecular complexity index is 123. The fourth-order valence-corrected chi connectivity index (χ4v) is 0.662. The van der Waals surface area contributed by atoms with Crippen LogP contribution in [-0.2, 0) is 9.57 Å². The Balaban J connectivity index is 3.35. The largest absolute Gasteiger partial charge is 0.389 e. The van der Waals surface area contributed by atoms with Crippen LogP contribution in [0.25, 0.3) is 0 Å². The summed E-state index contributed by atoms with van der Waals surface area (Å²) in [6, 6.07) is 0. The molecule has 1 atom stereocenters. The summed E-state index contributed by atoms with van der Waals surface area (Å²) in [6.45, 7) is 9.05. The Morgan fingerprint density at radius 2 is 2.00 bits per heavy atom. The maximum Gasteiger partial charge on any atom is 0.0921 e. The molecule has 0 heterocycles. The molecule has 0 aromatic heterocycles. The highest BCUT2D eigenvalue weighted by Gasteiger charge is 2.13. The molecule has 0 bridgehead atoms. The highest BCUT2D eigenvalue weighted by atomic mass is 16.6. The second kappa shape index (κ2) is 6.32. The molecular weight excluding hydrogens is 170 g/mol. The van der Waals surface area contributed by atoms with Crippen LogP contribution in [0.15, 0.2) is 0 Å². The summed E-state index contributed by atoms with van der Waals surface area (Å²) >= 11 is 0. The number of ether oxygens (including phenoxy) is 1. The van der Waals surface area contributed by atoms with E-state index in [1.54, 1.807) is 0 Å². The van der Waals surface area contributed by atoms with Crippen molar-refractivity contribution < 1.29 is 14.7 Å². The number of hydrogen-bond acceptors (Lipinski definition) is 4. The van der Waals surface area contributed by atoms with Crippen molar-refractivity contribution in [2.24, 2.45) is 0 Å². The smallest absolute Gasteiger partial charge is 0.0921 e. The minimum absolute atomic E-state index is 0.202. The van der Waals surface area contributed by atoms with E-state index in [1.807, 2.05) is 27.7 Å². The Hall–Kier alpha value is -0.160. The summed E-state index contributed by atoms with van der Waals surface area (Å²) in [6.07, 6.45) is -0.522. The molecule has 0 radical (unpaired) electrons. The third-order valence-corrected chi connectivity index (χ3v) is 1.27. The Labute approximate surface area is 80.2 Å². The molecule has 0 rings (SSSR count). The molecule has 0 aliphatic carbocycles. The van der Waals surface area contributed by atoms with Gasteiger partial charge in [0.05, 0.1) is 24.9 Å². The number of hydrogen-bond donors (Lipinski definition) is 2. The average molecular weight is 191 g/mol. The lowest BCUT2D eigenvalue weighted by Gasteiger charge is -2.21. The lowest BCUT2D eigenvalue weighted by molar-refractivity contribution is -0.0618. The molecule has 0 saturated heterocycles. The topological polar surface area (TPSA) is 50.7 Å². The minimum Gasteiger partial charge on any atom is -0.389 e. The lowest BCUT2D eigenvalue weighted by Crippen LogP contribution is -2.33. The van der Waals surface area contributed by atoms with E-state index in [4.69, 9.17) is 9.57 Å². The molecule has 0 saturated carbocycles. The van der Waals surface area contributed by atoms with Crippen LogP contribution in [-0.4, -0.2) is 36.6 Å². The summed E-state index contributed by atoms with van der Waals surface area (Å²) in [4.78, 5) is 4.87. The maximum atomic E-state index is 9.37. The molecule has 0 aliphatic heterocycles. The zero-order chi connectivity index (χ0) is 10.3. The zero-order valence-corrected chi connectivity index (χ0v) is 8.96. The quantitative estimate of drug-likeness (QED) is 0.479. The van der Waals surface area contributed by atoms with Crippen LogP contribution in [0, 0.1) is 0 Å². The third-order valence-electron chi connectivity index (χ3n) is 1.27. The van der Waals surface area contributed by atoms with Crippen molar-refractivity contribution in [2.45, 2.75) is 39.4 Å². The fraction of sp³-hybridized carbons (Fsp3) is 1.00. The fourth-order valence-electron chi connectivity index (χ4n) is 0.662. The van der Waals surface area contributed by atoms with Crippen LogP contribution < -0.4 is 5.48 Å². The van der Waals surface area contributed by atoms with E-state index < -0.39 is 6.10 Å². The summed E-state index contributed by atoms with van der Waals surface area (Å²) < 4.78 is 5.38. The van der Waals surface area contributed by atoms with E-state index in [2.05, 4.69) is 5.48 Å². The van der Waals surface area contributed by atoms with Gasteiger partial charge in [0.15, 0.2) is 0 Å². The van der Waals surface area contributed by atoms with Crippen LogP contribution in [0.3, 0.4) is 0 Å². The van der Waals surface area contributed by atoms with Gasteiger partial charge >= 0.3 is 0 Å². The van der Waals surface area contributed by atoms with Crippen molar-refractivity contribution in [3.63, 3.8) is 0 Å². The molecule has 0 fully saturated rings. The van der Waals surface area contributed by atoms with Gasteiger partial charge in [-0.05, 0) is 27.7 Å². The van der Waals surface area contributed by atoms with Crippen molar-refractivity contribution in [1.82, 2.24) is 5.48 Å². The molecule has 2 N–H and O–H groups in total. The van der Waals surface area contributed by atoms with Gasteiger partial charge in [0.25, 0.3) is 0 Å². The van der Waals surface area contributed by atoms with Gasteiger partial charge in [0.1, 0.15) is 0 Å². The van der Waals surface area contributed by atoms with Gasteiger partial charge < -0.3 is 14.7 Å². The minimum atomic E-state index is -0.522. The average Bonchev–Trinajstić information content (AvgIpc) is 2.00. The molecule has 1 unspecified atom stereocenters. The molecule has 0 spiro atoms.